The molecule has 3 aromatic rings. The fraction of sp³-hybridized carbons (Fsp3) is 0.240. The second-order valence-corrected chi connectivity index (χ2v) is 8.01. The minimum Gasteiger partial charge on any atom is -0.465 e. The van der Waals surface area contributed by atoms with E-state index in [1.165, 1.54) is 4.90 Å². The number of hydrogen-bond acceptors (Lipinski definition) is 7. The van der Waals surface area contributed by atoms with Gasteiger partial charge in [-0.25, -0.2) is 9.78 Å². The Morgan fingerprint density at radius 3 is 2.29 bits per heavy atom. The van der Waals surface area contributed by atoms with E-state index >= 15 is 0 Å². The van der Waals surface area contributed by atoms with Crippen molar-refractivity contribution in [3.05, 3.63) is 69.9 Å². The van der Waals surface area contributed by atoms with E-state index in [-0.39, 0.29) is 0 Å². The van der Waals surface area contributed by atoms with E-state index in [4.69, 9.17) is 10.00 Å². The number of carboxylic acid groups (broad SMARTS) is 1. The summed E-state index contributed by atoms with van der Waals surface area (Å²) in [5, 5.41) is 30.9. The number of hydrogen-bond donors (Lipinski definition) is 2. The van der Waals surface area contributed by atoms with Crippen molar-refractivity contribution in [2.24, 2.45) is 0 Å². The molecule has 170 valence electrons. The van der Waals surface area contributed by atoms with Crippen molar-refractivity contribution in [2.75, 3.05) is 18.4 Å². The van der Waals surface area contributed by atoms with Crippen LogP contribution in [-0.4, -0.2) is 39.2 Å². The third-order valence-electron chi connectivity index (χ3n) is 5.63. The first kappa shape index (κ1) is 22.6. The SMILES string of the molecule is Cc1cc(C#N)cc(C)c1Oc1nc(Nc2ccc(C#N)cc2)nc2c1CCN(C(=O)O)CC2. The van der Waals surface area contributed by atoms with Gasteiger partial charge in [0.25, 0.3) is 0 Å². The molecule has 1 aromatic heterocycles. The number of fused-ring (bicyclic) bond motifs is 1. The molecule has 9 heteroatoms. The lowest BCUT2D eigenvalue weighted by atomic mass is 10.1. The monoisotopic (exact) mass is 454 g/mol. The molecular weight excluding hydrogens is 432 g/mol. The van der Waals surface area contributed by atoms with Crippen LogP contribution in [0.5, 0.6) is 11.6 Å². The predicted molar refractivity (Wildman–Crippen MR) is 124 cm³/mol. The molecule has 34 heavy (non-hydrogen) atoms. The smallest absolute Gasteiger partial charge is 0.407 e. The minimum atomic E-state index is -0.974. The number of nitriles is 2. The van der Waals surface area contributed by atoms with E-state index in [2.05, 4.69) is 27.4 Å². The van der Waals surface area contributed by atoms with Crippen LogP contribution in [0.2, 0.25) is 0 Å². The lowest BCUT2D eigenvalue weighted by Gasteiger charge is -2.17. The maximum atomic E-state index is 11.5. The topological polar surface area (TPSA) is 135 Å². The molecular formula is C25H22N6O3. The zero-order valence-electron chi connectivity index (χ0n) is 18.8. The molecule has 2 N–H and O–H groups in total. The van der Waals surface area contributed by atoms with Gasteiger partial charge in [-0.2, -0.15) is 15.5 Å². The van der Waals surface area contributed by atoms with Crippen molar-refractivity contribution in [2.45, 2.75) is 26.7 Å². The third-order valence-corrected chi connectivity index (χ3v) is 5.63. The van der Waals surface area contributed by atoms with Crippen molar-refractivity contribution in [3.8, 4) is 23.8 Å². The Morgan fingerprint density at radius 1 is 1.03 bits per heavy atom. The van der Waals surface area contributed by atoms with Gasteiger partial charge in [0, 0.05) is 30.8 Å². The maximum Gasteiger partial charge on any atom is 0.407 e. The Bertz CT molecular complexity index is 1320. The highest BCUT2D eigenvalue weighted by Gasteiger charge is 2.24. The lowest BCUT2D eigenvalue weighted by Crippen LogP contribution is -2.31. The molecule has 2 heterocycles. The van der Waals surface area contributed by atoms with Crippen LogP contribution >= 0.6 is 0 Å². The molecule has 0 spiro atoms. The average molecular weight is 454 g/mol. The minimum absolute atomic E-state index is 0.311. The van der Waals surface area contributed by atoms with Crippen LogP contribution in [0.4, 0.5) is 16.4 Å². The van der Waals surface area contributed by atoms with Crippen LogP contribution in [0.1, 0.15) is 33.5 Å². The Morgan fingerprint density at radius 2 is 1.68 bits per heavy atom. The quantitative estimate of drug-likeness (QED) is 0.590. The zero-order valence-corrected chi connectivity index (χ0v) is 18.8. The number of rotatable bonds is 4. The summed E-state index contributed by atoms with van der Waals surface area (Å²) in [7, 11) is 0. The number of ether oxygens (including phenoxy) is 1. The summed E-state index contributed by atoms with van der Waals surface area (Å²) >= 11 is 0. The number of anilines is 2. The van der Waals surface area contributed by atoms with Gasteiger partial charge in [0.2, 0.25) is 11.8 Å². The molecule has 0 fully saturated rings. The summed E-state index contributed by atoms with van der Waals surface area (Å²) in [4.78, 5) is 22.2. The molecule has 0 saturated heterocycles. The second-order valence-electron chi connectivity index (χ2n) is 8.01. The van der Waals surface area contributed by atoms with Gasteiger partial charge in [0.1, 0.15) is 5.75 Å². The van der Waals surface area contributed by atoms with Gasteiger partial charge in [0.05, 0.1) is 29.0 Å². The molecule has 1 aliphatic heterocycles. The van der Waals surface area contributed by atoms with Crippen LogP contribution in [0.25, 0.3) is 0 Å². The lowest BCUT2D eigenvalue weighted by molar-refractivity contribution is 0.147. The Balaban J connectivity index is 1.74. The van der Waals surface area contributed by atoms with E-state index in [9.17, 15) is 15.2 Å². The average Bonchev–Trinajstić information content (AvgIpc) is 3.04. The molecule has 0 aliphatic carbocycles. The molecule has 1 aliphatic rings. The predicted octanol–water partition coefficient (Wildman–Crippen LogP) is 4.45. The summed E-state index contributed by atoms with van der Waals surface area (Å²) in [6, 6.07) is 14.6. The summed E-state index contributed by atoms with van der Waals surface area (Å²) in [6.07, 6.45) is -0.130. The first-order valence-electron chi connectivity index (χ1n) is 10.7. The van der Waals surface area contributed by atoms with Gasteiger partial charge in [-0.15, -0.1) is 0 Å². The van der Waals surface area contributed by atoms with Crippen LogP contribution in [0.15, 0.2) is 36.4 Å². The van der Waals surface area contributed by atoms with Gasteiger partial charge < -0.3 is 20.1 Å². The van der Waals surface area contributed by atoms with E-state index < -0.39 is 6.09 Å². The maximum absolute atomic E-state index is 11.5. The van der Waals surface area contributed by atoms with Crippen LogP contribution < -0.4 is 10.1 Å². The largest absolute Gasteiger partial charge is 0.465 e. The fourth-order valence-electron chi connectivity index (χ4n) is 3.93. The molecule has 9 nitrogen and oxygen atoms in total. The van der Waals surface area contributed by atoms with Gasteiger partial charge in [-0.3, -0.25) is 0 Å². The molecule has 0 bridgehead atoms. The number of nitrogens with zero attached hydrogens (tertiary/aromatic N) is 5. The van der Waals surface area contributed by atoms with Gasteiger partial charge in [-0.05, 0) is 67.8 Å². The van der Waals surface area contributed by atoms with E-state index in [1.807, 2.05) is 13.8 Å². The molecule has 2 aromatic carbocycles. The second kappa shape index (κ2) is 9.47. The summed E-state index contributed by atoms with van der Waals surface area (Å²) in [5.41, 5.74) is 4.86. The number of amides is 1. The van der Waals surface area contributed by atoms with Crippen molar-refractivity contribution in [1.82, 2.24) is 14.9 Å². The highest BCUT2D eigenvalue weighted by molar-refractivity contribution is 5.65. The summed E-state index contributed by atoms with van der Waals surface area (Å²) in [6.45, 7) is 4.37. The number of benzene rings is 2. The molecule has 4 rings (SSSR count). The Labute approximate surface area is 196 Å². The summed E-state index contributed by atoms with van der Waals surface area (Å²) in [5.74, 6) is 1.26. The highest BCUT2D eigenvalue weighted by atomic mass is 16.5. The zero-order chi connectivity index (χ0) is 24.2. The third kappa shape index (κ3) is 4.74. The highest BCUT2D eigenvalue weighted by Crippen LogP contribution is 2.34. The molecule has 0 radical (unpaired) electrons. The first-order valence-corrected chi connectivity index (χ1v) is 10.7. The van der Waals surface area contributed by atoms with Crippen molar-refractivity contribution in [3.63, 3.8) is 0 Å². The first-order chi connectivity index (χ1) is 16.4. The summed E-state index contributed by atoms with van der Waals surface area (Å²) < 4.78 is 6.29. The van der Waals surface area contributed by atoms with E-state index in [0.717, 1.165) is 16.7 Å². The normalized spacial score (nSPS) is 12.6. The van der Waals surface area contributed by atoms with Crippen molar-refractivity contribution < 1.29 is 14.6 Å². The van der Waals surface area contributed by atoms with Crippen molar-refractivity contribution >= 4 is 17.7 Å². The van der Waals surface area contributed by atoms with E-state index in [0.29, 0.717) is 66.0 Å². The molecule has 0 unspecified atom stereocenters. The van der Waals surface area contributed by atoms with E-state index in [1.54, 1.807) is 36.4 Å². The number of nitrogens with one attached hydrogen (secondary N) is 1. The number of aryl methyl sites for hydroxylation is 2. The molecule has 0 saturated carbocycles. The molecule has 1 amide bonds. The number of carbonyl (C=O) groups is 1. The Kier molecular flexibility index (Phi) is 6.28. The van der Waals surface area contributed by atoms with Gasteiger partial charge in [0.15, 0.2) is 0 Å². The fourth-order valence-corrected chi connectivity index (χ4v) is 3.93. The van der Waals surface area contributed by atoms with Crippen LogP contribution in [0, 0.1) is 36.5 Å². The van der Waals surface area contributed by atoms with Crippen LogP contribution in [0.3, 0.4) is 0 Å². The standard InChI is InChI=1S/C25H22N6O3/c1-15-11-18(14-27)12-16(2)22(15)34-23-20-7-9-31(25(32)33)10-8-21(20)29-24(30-23)28-19-5-3-17(13-26)4-6-19/h3-6,11-12H,7-10H2,1-2H3,(H,32,33)(H,28,29,30). The van der Waals surface area contributed by atoms with Crippen LogP contribution in [-0.2, 0) is 12.8 Å². The number of aromatic nitrogens is 2. The Hall–Kier alpha value is -4.63. The van der Waals surface area contributed by atoms with Crippen molar-refractivity contribution in [1.29, 1.82) is 10.5 Å². The molecule has 0 atom stereocenters. The van der Waals surface area contributed by atoms with Gasteiger partial charge >= 0.3 is 6.09 Å². The van der Waals surface area contributed by atoms with Gasteiger partial charge in [-0.1, -0.05) is 0 Å².